The SMILES string of the molecule is COc1ccc2c(c1)C(C)(C)C(=O)N2CCN1CCC(C(=O)c2ccc(F)cc2)CC1. The number of halogens is 1. The molecule has 1 amide bonds. The number of ether oxygens (including phenoxy) is 1. The van der Waals surface area contributed by atoms with Crippen molar-refractivity contribution in [1.82, 2.24) is 4.90 Å². The van der Waals surface area contributed by atoms with Crippen LogP contribution < -0.4 is 9.64 Å². The quantitative estimate of drug-likeness (QED) is 0.657. The smallest absolute Gasteiger partial charge is 0.237 e. The van der Waals surface area contributed by atoms with Crippen molar-refractivity contribution in [2.45, 2.75) is 32.1 Å². The summed E-state index contributed by atoms with van der Waals surface area (Å²) in [4.78, 5) is 30.0. The predicted octanol–water partition coefficient (Wildman–Crippen LogP) is 4.05. The number of hydrogen-bond acceptors (Lipinski definition) is 4. The van der Waals surface area contributed by atoms with Gasteiger partial charge in [0.2, 0.25) is 5.91 Å². The van der Waals surface area contributed by atoms with Gasteiger partial charge in [-0.1, -0.05) is 0 Å². The Balaban J connectivity index is 1.35. The van der Waals surface area contributed by atoms with Crippen molar-refractivity contribution in [2.75, 3.05) is 38.2 Å². The molecule has 0 spiro atoms. The third-order valence-electron chi connectivity index (χ3n) is 6.67. The summed E-state index contributed by atoms with van der Waals surface area (Å²) < 4.78 is 18.5. The van der Waals surface area contributed by atoms with Gasteiger partial charge < -0.3 is 14.5 Å². The normalized spacial score (nSPS) is 18.8. The molecule has 0 radical (unpaired) electrons. The molecule has 2 heterocycles. The van der Waals surface area contributed by atoms with Crippen molar-refractivity contribution >= 4 is 17.4 Å². The van der Waals surface area contributed by atoms with Gasteiger partial charge in [-0.05, 0) is 87.8 Å². The summed E-state index contributed by atoms with van der Waals surface area (Å²) in [6, 6.07) is 11.6. The zero-order chi connectivity index (χ0) is 22.2. The number of carbonyl (C=O) groups excluding carboxylic acids is 2. The second-order valence-corrected chi connectivity index (χ2v) is 8.95. The van der Waals surface area contributed by atoms with Gasteiger partial charge in [0.15, 0.2) is 5.78 Å². The number of rotatable bonds is 6. The van der Waals surface area contributed by atoms with Crippen LogP contribution in [0.15, 0.2) is 42.5 Å². The highest BCUT2D eigenvalue weighted by Gasteiger charge is 2.44. The van der Waals surface area contributed by atoms with E-state index >= 15 is 0 Å². The number of hydrogen-bond donors (Lipinski definition) is 0. The molecule has 0 aromatic heterocycles. The summed E-state index contributed by atoms with van der Waals surface area (Å²) in [6.07, 6.45) is 1.56. The first-order chi connectivity index (χ1) is 14.8. The number of nitrogens with zero attached hydrogens (tertiary/aromatic N) is 2. The molecule has 164 valence electrons. The van der Waals surface area contributed by atoms with Crippen molar-refractivity contribution in [2.24, 2.45) is 5.92 Å². The number of ketones is 1. The van der Waals surface area contributed by atoms with E-state index < -0.39 is 5.41 Å². The number of amides is 1. The molecular weight excluding hydrogens is 395 g/mol. The molecule has 5 nitrogen and oxygen atoms in total. The Hall–Kier alpha value is -2.73. The second kappa shape index (κ2) is 8.42. The largest absolute Gasteiger partial charge is 0.497 e. The molecule has 2 aromatic carbocycles. The highest BCUT2D eigenvalue weighted by atomic mass is 19.1. The van der Waals surface area contributed by atoms with Gasteiger partial charge in [0.25, 0.3) is 0 Å². The van der Waals surface area contributed by atoms with Crippen molar-refractivity contribution < 1.29 is 18.7 Å². The van der Waals surface area contributed by atoms with E-state index in [-0.39, 0.29) is 23.4 Å². The molecule has 6 heteroatoms. The molecule has 2 aromatic rings. The van der Waals surface area contributed by atoms with Crippen LogP contribution in [0.3, 0.4) is 0 Å². The first-order valence-electron chi connectivity index (χ1n) is 10.8. The molecule has 0 unspecified atom stereocenters. The van der Waals surface area contributed by atoms with Crippen LogP contribution >= 0.6 is 0 Å². The minimum Gasteiger partial charge on any atom is -0.497 e. The average Bonchev–Trinajstić information content (AvgIpc) is 2.97. The van der Waals surface area contributed by atoms with Gasteiger partial charge in [0.1, 0.15) is 11.6 Å². The van der Waals surface area contributed by atoms with E-state index in [2.05, 4.69) is 4.90 Å². The van der Waals surface area contributed by atoms with Crippen molar-refractivity contribution in [3.63, 3.8) is 0 Å². The fourth-order valence-electron chi connectivity index (χ4n) is 4.67. The molecule has 2 aliphatic heterocycles. The van der Waals surface area contributed by atoms with Gasteiger partial charge >= 0.3 is 0 Å². The molecule has 0 N–H and O–H groups in total. The van der Waals surface area contributed by atoms with Gasteiger partial charge in [0.05, 0.1) is 12.5 Å². The zero-order valence-electron chi connectivity index (χ0n) is 18.4. The van der Waals surface area contributed by atoms with Gasteiger partial charge in [-0.25, -0.2) is 4.39 Å². The first kappa shape index (κ1) is 21.5. The van der Waals surface area contributed by atoms with Crippen LogP contribution in [0.1, 0.15) is 42.6 Å². The highest BCUT2D eigenvalue weighted by molar-refractivity contribution is 6.07. The molecule has 1 saturated heterocycles. The van der Waals surface area contributed by atoms with Crippen molar-refractivity contribution in [3.05, 3.63) is 59.4 Å². The first-order valence-corrected chi connectivity index (χ1v) is 10.8. The lowest BCUT2D eigenvalue weighted by molar-refractivity contribution is -0.122. The lowest BCUT2D eigenvalue weighted by Gasteiger charge is -2.32. The average molecular weight is 425 g/mol. The number of likely N-dealkylation sites (tertiary alicyclic amines) is 1. The fourth-order valence-corrected chi connectivity index (χ4v) is 4.67. The third kappa shape index (κ3) is 4.09. The molecule has 2 aliphatic rings. The summed E-state index contributed by atoms with van der Waals surface area (Å²) in [5.74, 6) is 0.610. The molecule has 0 aliphatic carbocycles. The zero-order valence-corrected chi connectivity index (χ0v) is 18.4. The summed E-state index contributed by atoms with van der Waals surface area (Å²) in [5, 5.41) is 0. The summed E-state index contributed by atoms with van der Waals surface area (Å²) in [5.41, 5.74) is 1.97. The van der Waals surface area contributed by atoms with Crippen LogP contribution in [0.25, 0.3) is 0 Å². The van der Waals surface area contributed by atoms with E-state index in [1.54, 1.807) is 19.2 Å². The Morgan fingerprint density at radius 3 is 2.42 bits per heavy atom. The summed E-state index contributed by atoms with van der Waals surface area (Å²) in [7, 11) is 1.63. The van der Waals surface area contributed by atoms with Gasteiger partial charge in [0, 0.05) is 30.3 Å². The fraction of sp³-hybridized carbons (Fsp3) is 0.440. The monoisotopic (exact) mass is 424 g/mol. The van der Waals surface area contributed by atoms with Crippen LogP contribution in [-0.2, 0) is 10.2 Å². The van der Waals surface area contributed by atoms with E-state index in [9.17, 15) is 14.0 Å². The summed E-state index contributed by atoms with van der Waals surface area (Å²) in [6.45, 7) is 6.94. The van der Waals surface area contributed by atoms with Crippen molar-refractivity contribution in [3.8, 4) is 5.75 Å². The molecular formula is C25H29FN2O3. The van der Waals surface area contributed by atoms with Crippen LogP contribution in [0.2, 0.25) is 0 Å². The number of anilines is 1. The van der Waals surface area contributed by atoms with Gasteiger partial charge in [-0.15, -0.1) is 0 Å². The second-order valence-electron chi connectivity index (χ2n) is 8.95. The lowest BCUT2D eigenvalue weighted by atomic mass is 9.86. The maximum Gasteiger partial charge on any atom is 0.237 e. The Kier molecular flexibility index (Phi) is 5.84. The number of fused-ring (bicyclic) bond motifs is 1. The Labute approximate surface area is 182 Å². The molecule has 4 rings (SSSR count). The molecule has 0 atom stereocenters. The number of methoxy groups -OCH3 is 1. The Morgan fingerprint density at radius 2 is 1.77 bits per heavy atom. The van der Waals surface area contributed by atoms with Gasteiger partial charge in [-0.2, -0.15) is 0 Å². The molecule has 1 fully saturated rings. The van der Waals surface area contributed by atoms with Crippen molar-refractivity contribution in [1.29, 1.82) is 0 Å². The number of carbonyl (C=O) groups is 2. The van der Waals surface area contributed by atoms with Gasteiger partial charge in [-0.3, -0.25) is 9.59 Å². The van der Waals surface area contributed by atoms with Crippen LogP contribution in [0.5, 0.6) is 5.75 Å². The highest BCUT2D eigenvalue weighted by Crippen LogP contribution is 2.43. The Bertz CT molecular complexity index is 979. The third-order valence-corrected chi connectivity index (χ3v) is 6.67. The molecule has 0 saturated carbocycles. The lowest BCUT2D eigenvalue weighted by Crippen LogP contribution is -2.43. The van der Waals surface area contributed by atoms with E-state index in [1.807, 2.05) is 36.9 Å². The van der Waals surface area contributed by atoms with Crippen LogP contribution in [-0.4, -0.2) is 49.9 Å². The summed E-state index contributed by atoms with van der Waals surface area (Å²) >= 11 is 0. The number of Topliss-reactive ketones (excluding diaryl/α,β-unsaturated/α-hetero) is 1. The van der Waals surface area contributed by atoms with E-state index in [0.29, 0.717) is 12.1 Å². The Morgan fingerprint density at radius 1 is 1.10 bits per heavy atom. The number of piperidine rings is 1. The van der Waals surface area contributed by atoms with E-state index in [1.165, 1.54) is 12.1 Å². The minimum atomic E-state index is -0.571. The maximum atomic E-state index is 13.1. The van der Waals surface area contributed by atoms with E-state index in [4.69, 9.17) is 4.74 Å². The minimum absolute atomic E-state index is 0.0257. The maximum absolute atomic E-state index is 13.1. The van der Waals surface area contributed by atoms with E-state index in [0.717, 1.165) is 49.5 Å². The standard InChI is InChI=1S/C25H29FN2O3/c1-25(2)21-16-20(31-3)8-9-22(21)28(24(25)30)15-14-27-12-10-18(11-13-27)23(29)17-4-6-19(26)7-5-17/h4-9,16,18H,10-15H2,1-3H3. The topological polar surface area (TPSA) is 49.9 Å². The number of benzene rings is 2. The van der Waals surface area contributed by atoms with Crippen LogP contribution in [0, 0.1) is 11.7 Å². The molecule has 31 heavy (non-hydrogen) atoms. The molecule has 0 bridgehead atoms. The predicted molar refractivity (Wildman–Crippen MR) is 118 cm³/mol. The van der Waals surface area contributed by atoms with Crippen LogP contribution in [0.4, 0.5) is 10.1 Å².